The molecule has 1 aliphatic rings. The van der Waals surface area contributed by atoms with Crippen molar-refractivity contribution < 1.29 is 15.3 Å². The van der Waals surface area contributed by atoms with Gasteiger partial charge in [-0.25, -0.2) is 0 Å². The van der Waals surface area contributed by atoms with Crippen LogP contribution in [-0.4, -0.2) is 71.8 Å². The van der Waals surface area contributed by atoms with Crippen molar-refractivity contribution in [3.63, 3.8) is 0 Å². The van der Waals surface area contributed by atoms with Crippen molar-refractivity contribution in [1.29, 1.82) is 0 Å². The van der Waals surface area contributed by atoms with Gasteiger partial charge in [0.2, 0.25) is 0 Å². The van der Waals surface area contributed by atoms with E-state index in [2.05, 4.69) is 5.32 Å². The maximum Gasteiger partial charge on any atom is 0.0989 e. The Morgan fingerprint density at radius 2 is 1.69 bits per heavy atom. The molecule has 0 aromatic rings. The van der Waals surface area contributed by atoms with E-state index in [1.165, 1.54) is 0 Å². The molecular formula is C8H18N2O3. The first-order valence-electron chi connectivity index (χ1n) is 4.44. The van der Waals surface area contributed by atoms with Crippen molar-refractivity contribution >= 4 is 0 Å². The van der Waals surface area contributed by atoms with Crippen LogP contribution < -0.4 is 5.32 Å². The number of hydrogen-bond acceptors (Lipinski definition) is 5. The van der Waals surface area contributed by atoms with Gasteiger partial charge in [-0.05, 0) is 14.1 Å². The molecule has 0 spiro atoms. The number of nitrogens with zero attached hydrogens (tertiary/aromatic N) is 1. The number of likely N-dealkylation sites (N-methyl/N-ethyl adjacent to an activating group) is 1. The summed E-state index contributed by atoms with van der Waals surface area (Å²) in [5.41, 5.74) is 0. The fourth-order valence-corrected chi connectivity index (χ4v) is 1.66. The second-order valence-corrected chi connectivity index (χ2v) is 3.81. The van der Waals surface area contributed by atoms with Crippen LogP contribution in [-0.2, 0) is 0 Å². The van der Waals surface area contributed by atoms with Crippen LogP contribution in [0.25, 0.3) is 0 Å². The molecule has 0 aromatic heterocycles. The normalized spacial score (nSPS) is 40.2. The summed E-state index contributed by atoms with van der Waals surface area (Å²) in [5.74, 6) is 0. The Hall–Kier alpha value is -0.200. The van der Waals surface area contributed by atoms with E-state index in [-0.39, 0.29) is 12.6 Å². The molecule has 5 nitrogen and oxygen atoms in total. The summed E-state index contributed by atoms with van der Waals surface area (Å²) in [4.78, 5) is 1.92. The number of hydrogen-bond donors (Lipinski definition) is 4. The third kappa shape index (κ3) is 2.38. The molecule has 1 rings (SSSR count). The van der Waals surface area contributed by atoms with Crippen molar-refractivity contribution in [2.24, 2.45) is 0 Å². The van der Waals surface area contributed by atoms with Crippen molar-refractivity contribution in [2.45, 2.75) is 24.3 Å². The van der Waals surface area contributed by atoms with Gasteiger partial charge in [0.1, 0.15) is 0 Å². The summed E-state index contributed by atoms with van der Waals surface area (Å²) in [7, 11) is 3.79. The monoisotopic (exact) mass is 190 g/mol. The van der Waals surface area contributed by atoms with E-state index in [0.717, 1.165) is 0 Å². The van der Waals surface area contributed by atoms with Crippen LogP contribution in [0.15, 0.2) is 0 Å². The predicted molar refractivity (Wildman–Crippen MR) is 48.4 cm³/mol. The van der Waals surface area contributed by atoms with E-state index in [1.54, 1.807) is 0 Å². The third-order valence-electron chi connectivity index (χ3n) is 2.36. The lowest BCUT2D eigenvalue weighted by atomic mass is 10.1. The zero-order chi connectivity index (χ0) is 10.0. The smallest absolute Gasteiger partial charge is 0.0989 e. The van der Waals surface area contributed by atoms with Crippen LogP contribution in [0, 0.1) is 0 Å². The highest BCUT2D eigenvalue weighted by molar-refractivity contribution is 4.98. The Kier molecular flexibility index (Phi) is 3.63. The minimum Gasteiger partial charge on any atom is -0.395 e. The van der Waals surface area contributed by atoms with E-state index in [0.29, 0.717) is 6.54 Å². The van der Waals surface area contributed by atoms with Crippen molar-refractivity contribution in [3.05, 3.63) is 0 Å². The Bertz CT molecular complexity index is 165. The summed E-state index contributed by atoms with van der Waals surface area (Å²) in [6, 6.07) is -0.568. The van der Waals surface area contributed by atoms with Gasteiger partial charge in [0.05, 0.1) is 24.9 Å². The Morgan fingerprint density at radius 1 is 1.15 bits per heavy atom. The molecule has 0 bridgehead atoms. The van der Waals surface area contributed by atoms with Gasteiger partial charge in [-0.2, -0.15) is 0 Å². The summed E-state index contributed by atoms with van der Waals surface area (Å²) < 4.78 is 0. The Morgan fingerprint density at radius 3 is 2.08 bits per heavy atom. The molecule has 1 heterocycles. The molecule has 1 fully saturated rings. The van der Waals surface area contributed by atoms with Gasteiger partial charge < -0.3 is 25.5 Å². The lowest BCUT2D eigenvalue weighted by Crippen LogP contribution is -2.42. The number of rotatable bonds is 3. The summed E-state index contributed by atoms with van der Waals surface area (Å²) in [6.07, 6.45) is -1.66. The SMILES string of the molecule is CN(C)C[C@H]1N[C@H](CO)[C@@H](O)[C@@H]1O. The largest absolute Gasteiger partial charge is 0.395 e. The molecule has 0 aliphatic carbocycles. The second kappa shape index (κ2) is 4.34. The molecule has 4 atom stereocenters. The van der Waals surface area contributed by atoms with Gasteiger partial charge >= 0.3 is 0 Å². The summed E-state index contributed by atoms with van der Waals surface area (Å²) >= 11 is 0. The first-order chi connectivity index (χ1) is 6.06. The standard InChI is InChI=1S/C8H18N2O3/c1-10(2)3-5-7(12)8(13)6(4-11)9-5/h5-9,11-13H,3-4H2,1-2H3/t5-,6-,7-,8-/m1/s1. The predicted octanol–water partition coefficient (Wildman–Crippen LogP) is -2.40. The number of aliphatic hydroxyl groups excluding tert-OH is 3. The van der Waals surface area contributed by atoms with Gasteiger partial charge in [0.25, 0.3) is 0 Å². The zero-order valence-corrected chi connectivity index (χ0v) is 8.01. The fourth-order valence-electron chi connectivity index (χ4n) is 1.66. The van der Waals surface area contributed by atoms with Crippen LogP contribution in [0.5, 0.6) is 0 Å². The second-order valence-electron chi connectivity index (χ2n) is 3.81. The average molecular weight is 190 g/mol. The third-order valence-corrected chi connectivity index (χ3v) is 2.36. The maximum absolute atomic E-state index is 9.56. The quantitative estimate of drug-likeness (QED) is 0.399. The molecular weight excluding hydrogens is 172 g/mol. The first-order valence-corrected chi connectivity index (χ1v) is 4.44. The minimum atomic E-state index is -0.866. The van der Waals surface area contributed by atoms with Gasteiger partial charge in [-0.15, -0.1) is 0 Å². The van der Waals surface area contributed by atoms with E-state index < -0.39 is 18.2 Å². The fraction of sp³-hybridized carbons (Fsp3) is 1.00. The lowest BCUT2D eigenvalue weighted by molar-refractivity contribution is 0.0172. The van der Waals surface area contributed by atoms with Crippen LogP contribution >= 0.6 is 0 Å². The summed E-state index contributed by atoms with van der Waals surface area (Å²) in [6.45, 7) is 0.497. The molecule has 0 saturated carbocycles. The summed E-state index contributed by atoms with van der Waals surface area (Å²) in [5, 5.41) is 30.8. The first kappa shape index (κ1) is 10.9. The van der Waals surface area contributed by atoms with E-state index in [4.69, 9.17) is 5.11 Å². The highest BCUT2D eigenvalue weighted by Gasteiger charge is 2.40. The maximum atomic E-state index is 9.56. The van der Waals surface area contributed by atoms with Crippen LogP contribution in [0.3, 0.4) is 0 Å². The van der Waals surface area contributed by atoms with Crippen LogP contribution in [0.4, 0.5) is 0 Å². The van der Waals surface area contributed by atoms with Gasteiger partial charge in [-0.1, -0.05) is 0 Å². The van der Waals surface area contributed by atoms with Crippen LogP contribution in [0.2, 0.25) is 0 Å². The van der Waals surface area contributed by atoms with Crippen molar-refractivity contribution in [1.82, 2.24) is 10.2 Å². The molecule has 4 N–H and O–H groups in total. The Labute approximate surface area is 78.0 Å². The number of aliphatic hydroxyl groups is 3. The Balaban J connectivity index is 2.50. The molecule has 0 amide bonds. The molecule has 13 heavy (non-hydrogen) atoms. The van der Waals surface area contributed by atoms with Gasteiger partial charge in [0.15, 0.2) is 0 Å². The highest BCUT2D eigenvalue weighted by Crippen LogP contribution is 2.14. The molecule has 0 radical (unpaired) electrons. The molecule has 1 aliphatic heterocycles. The molecule has 5 heteroatoms. The average Bonchev–Trinajstić information content (AvgIpc) is 2.32. The van der Waals surface area contributed by atoms with E-state index in [1.807, 2.05) is 19.0 Å². The van der Waals surface area contributed by atoms with E-state index >= 15 is 0 Å². The van der Waals surface area contributed by atoms with Crippen LogP contribution in [0.1, 0.15) is 0 Å². The minimum absolute atomic E-state index is 0.151. The molecule has 78 valence electrons. The highest BCUT2D eigenvalue weighted by atomic mass is 16.3. The molecule has 0 aromatic carbocycles. The van der Waals surface area contributed by atoms with Crippen molar-refractivity contribution in [2.75, 3.05) is 27.2 Å². The molecule has 1 saturated heterocycles. The van der Waals surface area contributed by atoms with Gasteiger partial charge in [-0.3, -0.25) is 0 Å². The zero-order valence-electron chi connectivity index (χ0n) is 8.01. The topological polar surface area (TPSA) is 76.0 Å². The van der Waals surface area contributed by atoms with Crippen molar-refractivity contribution in [3.8, 4) is 0 Å². The number of nitrogens with one attached hydrogen (secondary N) is 1. The molecule has 0 unspecified atom stereocenters. The van der Waals surface area contributed by atoms with E-state index in [9.17, 15) is 10.2 Å². The lowest BCUT2D eigenvalue weighted by Gasteiger charge is -2.19. The van der Waals surface area contributed by atoms with Gasteiger partial charge in [0, 0.05) is 12.6 Å².